The Morgan fingerprint density at radius 2 is 2.04 bits per heavy atom. The van der Waals surface area contributed by atoms with Gasteiger partial charge in [0.15, 0.2) is 11.0 Å². The van der Waals surface area contributed by atoms with Crippen LogP contribution in [0.2, 0.25) is 0 Å². The number of fused-ring (bicyclic) bond motifs is 3. The molecule has 3 aromatic heterocycles. The number of thioether (sulfide) groups is 1. The van der Waals surface area contributed by atoms with Gasteiger partial charge in [0.05, 0.1) is 16.0 Å². The van der Waals surface area contributed by atoms with Crippen molar-refractivity contribution >= 4 is 38.3 Å². The molecule has 118 valence electrons. The fourth-order valence-corrected chi connectivity index (χ4v) is 4.01. The van der Waals surface area contributed by atoms with E-state index in [1.807, 2.05) is 12.1 Å². The van der Waals surface area contributed by atoms with Gasteiger partial charge in [-0.25, -0.2) is 0 Å². The molecule has 23 heavy (non-hydrogen) atoms. The largest absolute Gasteiger partial charge is 0.339 e. The summed E-state index contributed by atoms with van der Waals surface area (Å²) in [6.07, 6.45) is 0. The van der Waals surface area contributed by atoms with E-state index in [1.54, 1.807) is 23.1 Å². The van der Waals surface area contributed by atoms with Gasteiger partial charge in [-0.2, -0.15) is 4.98 Å². The topological polar surface area (TPSA) is 69.1 Å². The second-order valence-corrected chi connectivity index (χ2v) is 8.18. The number of hydrogen-bond acceptors (Lipinski definition) is 7. The van der Waals surface area contributed by atoms with Crippen molar-refractivity contribution < 1.29 is 4.52 Å². The van der Waals surface area contributed by atoms with Crippen LogP contribution in [0.5, 0.6) is 0 Å². The first kappa shape index (κ1) is 14.6. The number of nitrogens with zero attached hydrogens (tertiary/aromatic N) is 5. The Kier molecular flexibility index (Phi) is 3.38. The van der Waals surface area contributed by atoms with Gasteiger partial charge in [0.2, 0.25) is 10.9 Å². The second-order valence-electron chi connectivity index (χ2n) is 6.22. The fourth-order valence-electron chi connectivity index (χ4n) is 2.20. The van der Waals surface area contributed by atoms with Crippen LogP contribution in [0.3, 0.4) is 0 Å². The second kappa shape index (κ2) is 5.31. The maximum atomic E-state index is 5.33. The van der Waals surface area contributed by atoms with Crippen LogP contribution in [0.15, 0.2) is 33.9 Å². The number of hydrogen-bond donors (Lipinski definition) is 0. The lowest BCUT2D eigenvalue weighted by atomic mass is 9.97. The van der Waals surface area contributed by atoms with Gasteiger partial charge >= 0.3 is 0 Å². The van der Waals surface area contributed by atoms with Crippen molar-refractivity contribution in [3.05, 3.63) is 36.0 Å². The van der Waals surface area contributed by atoms with Gasteiger partial charge in [0.25, 0.3) is 0 Å². The van der Waals surface area contributed by atoms with Crippen LogP contribution in [0.4, 0.5) is 0 Å². The third-order valence-corrected chi connectivity index (χ3v) is 5.29. The van der Waals surface area contributed by atoms with Crippen molar-refractivity contribution in [2.24, 2.45) is 0 Å². The van der Waals surface area contributed by atoms with Gasteiger partial charge in [-0.3, -0.25) is 4.40 Å². The Bertz CT molecular complexity index is 979. The monoisotopic (exact) mass is 345 g/mol. The normalized spacial score (nSPS) is 12.5. The van der Waals surface area contributed by atoms with Crippen LogP contribution in [0.1, 0.15) is 32.5 Å². The Morgan fingerprint density at radius 3 is 2.83 bits per heavy atom. The lowest BCUT2D eigenvalue weighted by Crippen LogP contribution is -2.11. The maximum Gasteiger partial charge on any atom is 0.232 e. The highest BCUT2D eigenvalue weighted by atomic mass is 32.2. The van der Waals surface area contributed by atoms with Crippen LogP contribution in [-0.4, -0.2) is 24.7 Å². The van der Waals surface area contributed by atoms with Gasteiger partial charge in [-0.05, 0) is 12.1 Å². The molecule has 4 aromatic rings. The summed E-state index contributed by atoms with van der Waals surface area (Å²) >= 11 is 3.20. The van der Waals surface area contributed by atoms with Crippen LogP contribution < -0.4 is 0 Å². The number of thiazole rings is 1. The van der Waals surface area contributed by atoms with Gasteiger partial charge in [-0.15, -0.1) is 10.2 Å². The zero-order chi connectivity index (χ0) is 16.0. The number of rotatable bonds is 3. The zero-order valence-electron chi connectivity index (χ0n) is 13.0. The first-order valence-electron chi connectivity index (χ1n) is 7.21. The molecule has 0 spiro atoms. The molecule has 0 N–H and O–H groups in total. The Hall–Kier alpha value is -1.93. The van der Waals surface area contributed by atoms with Crippen molar-refractivity contribution in [2.75, 3.05) is 0 Å². The van der Waals surface area contributed by atoms with E-state index in [9.17, 15) is 0 Å². The molecule has 0 fully saturated rings. The SMILES string of the molecule is CC(C)(C)c1nc(CSc2nnc3sc4ccccc4n23)no1. The van der Waals surface area contributed by atoms with Crippen LogP contribution in [0, 0.1) is 0 Å². The molecule has 6 nitrogen and oxygen atoms in total. The summed E-state index contributed by atoms with van der Waals surface area (Å²) in [4.78, 5) is 5.36. The molecule has 0 saturated carbocycles. The van der Waals surface area contributed by atoms with Crippen molar-refractivity contribution in [1.29, 1.82) is 0 Å². The summed E-state index contributed by atoms with van der Waals surface area (Å²) in [6, 6.07) is 8.24. The molecule has 0 aliphatic rings. The van der Waals surface area contributed by atoms with Gasteiger partial charge in [0, 0.05) is 5.41 Å². The molecule has 0 atom stereocenters. The molecule has 1 aromatic carbocycles. The molecule has 0 bridgehead atoms. The maximum absolute atomic E-state index is 5.33. The predicted molar refractivity (Wildman–Crippen MR) is 90.9 cm³/mol. The average Bonchev–Trinajstić information content (AvgIpc) is 3.19. The van der Waals surface area contributed by atoms with E-state index < -0.39 is 0 Å². The molecule has 0 amide bonds. The van der Waals surface area contributed by atoms with Crippen molar-refractivity contribution in [3.8, 4) is 0 Å². The average molecular weight is 345 g/mol. The van der Waals surface area contributed by atoms with Crippen molar-refractivity contribution in [2.45, 2.75) is 37.1 Å². The minimum Gasteiger partial charge on any atom is -0.339 e. The zero-order valence-corrected chi connectivity index (χ0v) is 14.6. The number of benzene rings is 1. The smallest absolute Gasteiger partial charge is 0.232 e. The Morgan fingerprint density at radius 1 is 1.22 bits per heavy atom. The predicted octanol–water partition coefficient (Wildman–Crippen LogP) is 3.92. The summed E-state index contributed by atoms with van der Waals surface area (Å²) in [5, 5.41) is 13.4. The molecule has 4 rings (SSSR count). The van der Waals surface area contributed by atoms with E-state index in [1.165, 1.54) is 4.70 Å². The molecule has 0 radical (unpaired) electrons. The first-order valence-corrected chi connectivity index (χ1v) is 9.01. The third-order valence-electron chi connectivity index (χ3n) is 3.35. The van der Waals surface area contributed by atoms with Crippen LogP contribution in [-0.2, 0) is 11.2 Å². The minimum absolute atomic E-state index is 0.137. The standard InChI is InChI=1S/C15H15N5OS2/c1-15(2,3)12-16-11(19-21-12)8-22-13-17-18-14-20(13)9-6-4-5-7-10(9)23-14/h4-7H,8H2,1-3H3. The molecule has 3 heterocycles. The number of para-hydroxylation sites is 1. The summed E-state index contributed by atoms with van der Waals surface area (Å²) in [5.74, 6) is 1.93. The molecule has 0 unspecified atom stereocenters. The summed E-state index contributed by atoms with van der Waals surface area (Å²) < 4.78 is 8.61. The Balaban J connectivity index is 1.62. The molecule has 0 saturated heterocycles. The molecule has 8 heteroatoms. The van der Waals surface area contributed by atoms with E-state index >= 15 is 0 Å². The highest BCUT2D eigenvalue weighted by Gasteiger charge is 2.22. The lowest BCUT2D eigenvalue weighted by Gasteiger charge is -2.10. The first-order chi connectivity index (χ1) is 11.0. The number of aromatic nitrogens is 5. The van der Waals surface area contributed by atoms with Crippen molar-refractivity contribution in [1.82, 2.24) is 24.7 Å². The van der Waals surface area contributed by atoms with E-state index in [0.717, 1.165) is 15.6 Å². The van der Waals surface area contributed by atoms with E-state index in [-0.39, 0.29) is 5.41 Å². The fraction of sp³-hybridized carbons (Fsp3) is 0.333. The molecular weight excluding hydrogens is 330 g/mol. The van der Waals surface area contributed by atoms with E-state index in [0.29, 0.717) is 17.5 Å². The van der Waals surface area contributed by atoms with Crippen LogP contribution in [0.25, 0.3) is 15.2 Å². The molecule has 0 aliphatic heterocycles. The van der Waals surface area contributed by atoms with Crippen LogP contribution >= 0.6 is 23.1 Å². The summed E-state index contributed by atoms with van der Waals surface area (Å²) in [6.45, 7) is 6.16. The molecular formula is C15H15N5OS2. The quantitative estimate of drug-likeness (QED) is 0.524. The van der Waals surface area contributed by atoms with Gasteiger partial charge < -0.3 is 4.52 Å². The summed E-state index contributed by atoms with van der Waals surface area (Å²) in [7, 11) is 0. The van der Waals surface area contributed by atoms with Crippen molar-refractivity contribution in [3.63, 3.8) is 0 Å². The third kappa shape index (κ3) is 2.61. The van der Waals surface area contributed by atoms with Gasteiger partial charge in [0.1, 0.15) is 0 Å². The van der Waals surface area contributed by atoms with Gasteiger partial charge in [-0.1, -0.05) is 61.2 Å². The minimum atomic E-state index is -0.137. The highest BCUT2D eigenvalue weighted by molar-refractivity contribution is 7.98. The Labute approximate surface area is 140 Å². The lowest BCUT2D eigenvalue weighted by molar-refractivity contribution is 0.319. The van der Waals surface area contributed by atoms with E-state index in [4.69, 9.17) is 4.52 Å². The molecule has 0 aliphatic carbocycles. The van der Waals surface area contributed by atoms with E-state index in [2.05, 4.69) is 57.6 Å². The highest BCUT2D eigenvalue weighted by Crippen LogP contribution is 2.30. The summed E-state index contributed by atoms with van der Waals surface area (Å²) in [5.41, 5.74) is 0.991.